The van der Waals surface area contributed by atoms with E-state index in [4.69, 9.17) is 4.74 Å². The highest BCUT2D eigenvalue weighted by Gasteiger charge is 2.14. The molecule has 0 saturated carbocycles. The van der Waals surface area contributed by atoms with Crippen LogP contribution in [-0.2, 0) is 0 Å². The molecule has 1 heterocycles. The topological polar surface area (TPSA) is 21.3 Å². The lowest BCUT2D eigenvalue weighted by molar-refractivity contribution is 0.167. The van der Waals surface area contributed by atoms with Gasteiger partial charge in [-0.3, -0.25) is 0 Å². The molecule has 1 atom stereocenters. The Morgan fingerprint density at radius 1 is 1.11 bits per heavy atom. The van der Waals surface area contributed by atoms with E-state index in [1.54, 1.807) is 0 Å². The molecule has 1 fully saturated rings. The second-order valence-corrected chi connectivity index (χ2v) is 5.66. The second-order valence-electron chi connectivity index (χ2n) is 4.74. The Kier molecular flexibility index (Phi) is 5.08. The van der Waals surface area contributed by atoms with Gasteiger partial charge in [0, 0.05) is 11.0 Å². The molecule has 1 aliphatic heterocycles. The summed E-state index contributed by atoms with van der Waals surface area (Å²) in [5.41, 5.74) is 0. The molecule has 102 valence electrons. The maximum Gasteiger partial charge on any atom is 0.120 e. The summed E-state index contributed by atoms with van der Waals surface area (Å²) in [6.45, 7) is 2.07. The summed E-state index contributed by atoms with van der Waals surface area (Å²) in [5.74, 6) is 0.971. The molecule has 2 nitrogen and oxygen atoms in total. The van der Waals surface area contributed by atoms with Gasteiger partial charge in [0.2, 0.25) is 0 Å². The van der Waals surface area contributed by atoms with Crippen LogP contribution in [0, 0.1) is 0 Å². The Hall–Kier alpha value is -0.770. The molecule has 0 radical (unpaired) electrons. The Morgan fingerprint density at radius 2 is 1.89 bits per heavy atom. The van der Waals surface area contributed by atoms with Crippen molar-refractivity contribution in [3.63, 3.8) is 0 Å². The van der Waals surface area contributed by atoms with Crippen LogP contribution in [-0.4, -0.2) is 19.2 Å². The molecule has 1 N–H and O–H groups in total. The highest BCUT2D eigenvalue weighted by atomic mass is 79.9. The fourth-order valence-corrected chi connectivity index (χ4v) is 2.76. The zero-order valence-electron chi connectivity index (χ0n) is 10.6. The van der Waals surface area contributed by atoms with E-state index in [0.717, 1.165) is 29.7 Å². The van der Waals surface area contributed by atoms with Gasteiger partial charge in [-0.2, -0.15) is 0 Å². The first-order valence-electron chi connectivity index (χ1n) is 6.38. The molecule has 0 amide bonds. The Morgan fingerprint density at radius 3 is 2.68 bits per heavy atom. The predicted octanol–water partition coefficient (Wildman–Crippen LogP) is 4.15. The zero-order chi connectivity index (χ0) is 12.4. The minimum Gasteiger partial charge on any atom is -0.489 e. The van der Waals surface area contributed by atoms with Crippen LogP contribution in [0.3, 0.4) is 0 Å². The van der Waals surface area contributed by atoms with Gasteiger partial charge in [0.15, 0.2) is 0 Å². The standard InChI is InChI=1S/C15H16BrNO.ClH/c16-13-5-3-12-9-14(6-4-11(12)8-13)18-15-2-1-7-17-10-15;/h3-6,8-9,15,17H,1-2,7,10H2;1H. The number of benzene rings is 2. The summed E-state index contributed by atoms with van der Waals surface area (Å²) in [7, 11) is 0. The molecule has 0 spiro atoms. The highest BCUT2D eigenvalue weighted by molar-refractivity contribution is 9.10. The summed E-state index contributed by atoms with van der Waals surface area (Å²) in [5, 5.41) is 5.82. The van der Waals surface area contributed by atoms with Crippen molar-refractivity contribution in [1.29, 1.82) is 0 Å². The number of halogens is 2. The van der Waals surface area contributed by atoms with Crippen LogP contribution in [0.1, 0.15) is 12.8 Å². The first-order valence-corrected chi connectivity index (χ1v) is 7.17. The summed E-state index contributed by atoms with van der Waals surface area (Å²) >= 11 is 3.49. The lowest BCUT2D eigenvalue weighted by Gasteiger charge is -2.24. The molecule has 1 saturated heterocycles. The highest BCUT2D eigenvalue weighted by Crippen LogP contribution is 2.25. The first-order chi connectivity index (χ1) is 8.81. The lowest BCUT2D eigenvalue weighted by atomic mass is 10.1. The molecule has 2 aromatic rings. The summed E-state index contributed by atoms with van der Waals surface area (Å²) < 4.78 is 7.13. The van der Waals surface area contributed by atoms with Gasteiger partial charge in [0.25, 0.3) is 0 Å². The van der Waals surface area contributed by atoms with Crippen LogP contribution in [0.5, 0.6) is 5.75 Å². The number of fused-ring (bicyclic) bond motifs is 1. The fraction of sp³-hybridized carbons (Fsp3) is 0.333. The molecule has 2 aromatic carbocycles. The second kappa shape index (κ2) is 6.60. The predicted molar refractivity (Wildman–Crippen MR) is 85.4 cm³/mol. The number of nitrogens with one attached hydrogen (secondary N) is 1. The van der Waals surface area contributed by atoms with Crippen LogP contribution in [0.4, 0.5) is 0 Å². The smallest absolute Gasteiger partial charge is 0.120 e. The third-order valence-electron chi connectivity index (χ3n) is 3.33. The number of hydrogen-bond acceptors (Lipinski definition) is 2. The van der Waals surface area contributed by atoms with Gasteiger partial charge < -0.3 is 10.1 Å². The van der Waals surface area contributed by atoms with Crippen LogP contribution in [0.2, 0.25) is 0 Å². The van der Waals surface area contributed by atoms with Crippen molar-refractivity contribution in [3.05, 3.63) is 40.9 Å². The number of ether oxygens (including phenoxy) is 1. The molecule has 0 bridgehead atoms. The molecule has 1 unspecified atom stereocenters. The number of piperidine rings is 1. The monoisotopic (exact) mass is 341 g/mol. The van der Waals surface area contributed by atoms with E-state index in [0.29, 0.717) is 6.10 Å². The van der Waals surface area contributed by atoms with E-state index in [9.17, 15) is 0 Å². The van der Waals surface area contributed by atoms with Gasteiger partial charge in [0.1, 0.15) is 11.9 Å². The van der Waals surface area contributed by atoms with Crippen molar-refractivity contribution in [1.82, 2.24) is 5.32 Å². The maximum atomic E-state index is 6.02. The quantitative estimate of drug-likeness (QED) is 0.885. The van der Waals surface area contributed by atoms with E-state index in [1.165, 1.54) is 17.2 Å². The third-order valence-corrected chi connectivity index (χ3v) is 3.82. The van der Waals surface area contributed by atoms with Gasteiger partial charge in [-0.1, -0.05) is 28.1 Å². The van der Waals surface area contributed by atoms with Crippen molar-refractivity contribution >= 4 is 39.1 Å². The van der Waals surface area contributed by atoms with Crippen molar-refractivity contribution in [2.75, 3.05) is 13.1 Å². The van der Waals surface area contributed by atoms with Crippen molar-refractivity contribution < 1.29 is 4.74 Å². The average Bonchev–Trinajstić information content (AvgIpc) is 2.40. The Labute approximate surface area is 128 Å². The van der Waals surface area contributed by atoms with Crippen molar-refractivity contribution in [3.8, 4) is 5.75 Å². The summed E-state index contributed by atoms with van der Waals surface area (Å²) in [6, 6.07) is 12.6. The average molecular weight is 343 g/mol. The van der Waals surface area contributed by atoms with Crippen LogP contribution >= 0.6 is 28.3 Å². The van der Waals surface area contributed by atoms with E-state index in [2.05, 4.69) is 57.6 Å². The molecule has 0 aliphatic carbocycles. The van der Waals surface area contributed by atoms with Crippen LogP contribution in [0.15, 0.2) is 40.9 Å². The molecule has 19 heavy (non-hydrogen) atoms. The first kappa shape index (κ1) is 14.6. The largest absolute Gasteiger partial charge is 0.489 e. The van der Waals surface area contributed by atoms with Crippen LogP contribution < -0.4 is 10.1 Å². The summed E-state index contributed by atoms with van der Waals surface area (Å²) in [4.78, 5) is 0. The van der Waals surface area contributed by atoms with E-state index < -0.39 is 0 Å². The normalized spacial score (nSPS) is 18.9. The number of rotatable bonds is 2. The third kappa shape index (κ3) is 3.62. The molecule has 3 rings (SSSR count). The SMILES string of the molecule is Brc1ccc2cc(OC3CCCNC3)ccc2c1.Cl. The molecule has 4 heteroatoms. The molecular weight excluding hydrogens is 326 g/mol. The van der Waals surface area contributed by atoms with E-state index in [1.807, 2.05) is 0 Å². The Balaban J connectivity index is 0.00000133. The molecule has 1 aliphatic rings. The van der Waals surface area contributed by atoms with Gasteiger partial charge in [0.05, 0.1) is 0 Å². The van der Waals surface area contributed by atoms with Crippen molar-refractivity contribution in [2.24, 2.45) is 0 Å². The zero-order valence-corrected chi connectivity index (χ0v) is 13.0. The maximum absolute atomic E-state index is 6.02. The van der Waals surface area contributed by atoms with Crippen LogP contribution in [0.25, 0.3) is 10.8 Å². The van der Waals surface area contributed by atoms with E-state index >= 15 is 0 Å². The lowest BCUT2D eigenvalue weighted by Crippen LogP contribution is -2.37. The van der Waals surface area contributed by atoms with Gasteiger partial charge in [-0.15, -0.1) is 12.4 Å². The van der Waals surface area contributed by atoms with Gasteiger partial charge in [-0.25, -0.2) is 0 Å². The number of hydrogen-bond donors (Lipinski definition) is 1. The van der Waals surface area contributed by atoms with Gasteiger partial charge in [-0.05, 0) is 54.4 Å². The van der Waals surface area contributed by atoms with Crippen molar-refractivity contribution in [2.45, 2.75) is 18.9 Å². The van der Waals surface area contributed by atoms with Gasteiger partial charge >= 0.3 is 0 Å². The minimum absolute atomic E-state index is 0. The summed E-state index contributed by atoms with van der Waals surface area (Å²) in [6.07, 6.45) is 2.66. The molecular formula is C15H17BrClNO. The molecule has 0 aromatic heterocycles. The minimum atomic E-state index is 0. The fourth-order valence-electron chi connectivity index (χ4n) is 2.38. The Bertz CT molecular complexity index is 555. The van der Waals surface area contributed by atoms with E-state index in [-0.39, 0.29) is 12.4 Å².